The number of aliphatic hydroxyl groups is 1. The van der Waals surface area contributed by atoms with Crippen LogP contribution in [0.2, 0.25) is 0 Å². The van der Waals surface area contributed by atoms with Crippen LogP contribution in [0.3, 0.4) is 0 Å². The molecule has 1 aromatic carbocycles. The van der Waals surface area contributed by atoms with E-state index in [1.807, 2.05) is 24.3 Å². The van der Waals surface area contributed by atoms with Gasteiger partial charge in [0, 0.05) is 39.5 Å². The molecule has 122 valence electrons. The molecule has 0 saturated heterocycles. The van der Waals surface area contributed by atoms with E-state index in [0.29, 0.717) is 16.3 Å². The van der Waals surface area contributed by atoms with E-state index < -0.39 is 11.9 Å². The molecule has 0 bridgehead atoms. The zero-order chi connectivity index (χ0) is 17.1. The van der Waals surface area contributed by atoms with Crippen molar-refractivity contribution >= 4 is 17.6 Å². The van der Waals surface area contributed by atoms with Gasteiger partial charge in [0.1, 0.15) is 0 Å². The molecule has 3 rings (SSSR count). The van der Waals surface area contributed by atoms with Gasteiger partial charge in [0.05, 0.1) is 6.10 Å². The largest absolute Gasteiger partial charge is 0.389 e. The van der Waals surface area contributed by atoms with Crippen LogP contribution in [0.15, 0.2) is 58.7 Å². The maximum atomic E-state index is 13.4. The lowest BCUT2D eigenvalue weighted by atomic mass is 10.2. The van der Waals surface area contributed by atoms with Gasteiger partial charge < -0.3 is 10.8 Å². The zero-order valence-electron chi connectivity index (χ0n) is 12.8. The lowest BCUT2D eigenvalue weighted by molar-refractivity contribution is 0.198. The smallest absolute Gasteiger partial charge is 0.166 e. The van der Waals surface area contributed by atoms with Gasteiger partial charge in [0.2, 0.25) is 0 Å². The highest BCUT2D eigenvalue weighted by atomic mass is 32.2. The van der Waals surface area contributed by atoms with Crippen molar-refractivity contribution in [3.8, 4) is 11.4 Å². The number of benzene rings is 1. The Labute approximate surface area is 142 Å². The van der Waals surface area contributed by atoms with Gasteiger partial charge in [-0.3, -0.25) is 0 Å². The van der Waals surface area contributed by atoms with E-state index in [9.17, 15) is 9.50 Å². The summed E-state index contributed by atoms with van der Waals surface area (Å²) in [6.45, 7) is 1.67. The molecule has 1 unspecified atom stereocenters. The van der Waals surface area contributed by atoms with Gasteiger partial charge in [-0.25, -0.2) is 19.3 Å². The third-order valence-electron chi connectivity index (χ3n) is 3.35. The fourth-order valence-corrected chi connectivity index (χ4v) is 2.81. The minimum Gasteiger partial charge on any atom is -0.389 e. The van der Waals surface area contributed by atoms with E-state index in [4.69, 9.17) is 5.73 Å². The number of rotatable bonds is 4. The molecule has 7 heteroatoms. The molecule has 2 heterocycles. The third kappa shape index (κ3) is 3.69. The van der Waals surface area contributed by atoms with Crippen LogP contribution in [0.1, 0.15) is 18.6 Å². The maximum absolute atomic E-state index is 13.4. The summed E-state index contributed by atoms with van der Waals surface area (Å²) in [6, 6.07) is 8.95. The van der Waals surface area contributed by atoms with Gasteiger partial charge in [-0.15, -0.1) is 0 Å². The molecular formula is C17H15FN4OS. The van der Waals surface area contributed by atoms with Crippen LogP contribution < -0.4 is 5.73 Å². The minimum atomic E-state index is -0.591. The van der Waals surface area contributed by atoms with Crippen molar-refractivity contribution in [2.24, 2.45) is 0 Å². The number of aliphatic hydroxyl groups excluding tert-OH is 1. The quantitative estimate of drug-likeness (QED) is 0.755. The first-order chi connectivity index (χ1) is 11.5. The van der Waals surface area contributed by atoms with E-state index in [1.54, 1.807) is 19.3 Å². The third-order valence-corrected chi connectivity index (χ3v) is 4.31. The lowest BCUT2D eigenvalue weighted by Gasteiger charge is -2.06. The van der Waals surface area contributed by atoms with Gasteiger partial charge in [-0.05, 0) is 25.1 Å². The Morgan fingerprint density at radius 2 is 1.71 bits per heavy atom. The van der Waals surface area contributed by atoms with Crippen LogP contribution in [0.25, 0.3) is 11.4 Å². The predicted molar refractivity (Wildman–Crippen MR) is 90.8 cm³/mol. The Bertz CT molecular complexity index is 838. The Morgan fingerprint density at radius 3 is 2.29 bits per heavy atom. The Kier molecular flexibility index (Phi) is 4.73. The summed E-state index contributed by atoms with van der Waals surface area (Å²) in [5.41, 5.74) is 6.90. The fourth-order valence-electron chi connectivity index (χ4n) is 2.00. The number of nitrogens with two attached hydrogens (primary N) is 1. The van der Waals surface area contributed by atoms with Crippen molar-refractivity contribution in [1.82, 2.24) is 15.0 Å². The van der Waals surface area contributed by atoms with Crippen molar-refractivity contribution in [1.29, 1.82) is 0 Å². The number of hydrogen-bond donors (Lipinski definition) is 2. The van der Waals surface area contributed by atoms with Crippen LogP contribution in [0, 0.1) is 5.82 Å². The van der Waals surface area contributed by atoms with Gasteiger partial charge in [0.25, 0.3) is 0 Å². The monoisotopic (exact) mass is 342 g/mol. The zero-order valence-corrected chi connectivity index (χ0v) is 13.7. The topological polar surface area (TPSA) is 84.9 Å². The van der Waals surface area contributed by atoms with Crippen molar-refractivity contribution in [3.05, 3.63) is 60.3 Å². The summed E-state index contributed by atoms with van der Waals surface area (Å²) in [5.74, 6) is -0.0492. The summed E-state index contributed by atoms with van der Waals surface area (Å²) in [5, 5.41) is 9.48. The second kappa shape index (κ2) is 6.94. The second-order valence-corrected chi connectivity index (χ2v) is 6.33. The molecule has 0 amide bonds. The van der Waals surface area contributed by atoms with Crippen molar-refractivity contribution in [2.45, 2.75) is 22.8 Å². The van der Waals surface area contributed by atoms with Crippen LogP contribution in [-0.2, 0) is 0 Å². The van der Waals surface area contributed by atoms with E-state index in [0.717, 1.165) is 10.5 Å². The molecule has 0 aliphatic carbocycles. The van der Waals surface area contributed by atoms with E-state index in [1.165, 1.54) is 24.0 Å². The summed E-state index contributed by atoms with van der Waals surface area (Å²) in [7, 11) is 0. The molecule has 2 aromatic heterocycles. The lowest BCUT2D eigenvalue weighted by Crippen LogP contribution is -1.96. The normalized spacial score (nSPS) is 12.1. The van der Waals surface area contributed by atoms with Crippen LogP contribution in [-0.4, -0.2) is 20.1 Å². The van der Waals surface area contributed by atoms with Crippen molar-refractivity contribution in [3.63, 3.8) is 0 Å². The average molecular weight is 342 g/mol. The number of aromatic nitrogens is 3. The molecule has 0 aliphatic rings. The van der Waals surface area contributed by atoms with Crippen LogP contribution in [0.5, 0.6) is 0 Å². The molecule has 1 atom stereocenters. The van der Waals surface area contributed by atoms with E-state index >= 15 is 0 Å². The first-order valence-electron chi connectivity index (χ1n) is 7.22. The summed E-state index contributed by atoms with van der Waals surface area (Å²) in [4.78, 5) is 13.9. The van der Waals surface area contributed by atoms with Gasteiger partial charge in [0.15, 0.2) is 17.5 Å². The standard InChI is InChI=1S/C17H15FN4OS/c1-10(23)12-7-21-17(22-8-12)11-2-4-13(5-3-11)24-14-6-15(18)16(19)20-9-14/h2-10,23H,1H3,(H2,19,20). The summed E-state index contributed by atoms with van der Waals surface area (Å²) in [6.07, 6.45) is 4.16. The molecule has 0 saturated carbocycles. The predicted octanol–water partition coefficient (Wildman–Crippen LogP) is 3.46. The number of anilines is 1. The van der Waals surface area contributed by atoms with Gasteiger partial charge >= 0.3 is 0 Å². The molecule has 0 radical (unpaired) electrons. The van der Waals surface area contributed by atoms with E-state index in [-0.39, 0.29) is 5.82 Å². The molecule has 0 aliphatic heterocycles. The number of nitrogens with zero attached hydrogens (tertiary/aromatic N) is 3. The summed E-state index contributed by atoms with van der Waals surface area (Å²) >= 11 is 1.39. The number of halogens is 1. The highest BCUT2D eigenvalue weighted by Crippen LogP contribution is 2.29. The molecule has 0 spiro atoms. The molecule has 5 nitrogen and oxygen atoms in total. The van der Waals surface area contributed by atoms with E-state index in [2.05, 4.69) is 15.0 Å². The summed E-state index contributed by atoms with van der Waals surface area (Å²) < 4.78 is 13.4. The minimum absolute atomic E-state index is 0.104. The highest BCUT2D eigenvalue weighted by Gasteiger charge is 2.07. The first kappa shape index (κ1) is 16.4. The van der Waals surface area contributed by atoms with Crippen molar-refractivity contribution in [2.75, 3.05) is 5.73 Å². The molecule has 0 fully saturated rings. The molecular weight excluding hydrogens is 327 g/mol. The number of pyridine rings is 1. The SMILES string of the molecule is CC(O)c1cnc(-c2ccc(Sc3cnc(N)c(F)c3)cc2)nc1. The fraction of sp³-hybridized carbons (Fsp3) is 0.118. The maximum Gasteiger partial charge on any atom is 0.166 e. The van der Waals surface area contributed by atoms with Gasteiger partial charge in [-0.1, -0.05) is 23.9 Å². The van der Waals surface area contributed by atoms with Crippen LogP contribution >= 0.6 is 11.8 Å². The average Bonchev–Trinajstić information content (AvgIpc) is 2.59. The van der Waals surface area contributed by atoms with Crippen LogP contribution in [0.4, 0.5) is 10.2 Å². The molecule has 24 heavy (non-hydrogen) atoms. The number of nitrogen functional groups attached to an aromatic ring is 1. The Morgan fingerprint density at radius 1 is 1.04 bits per heavy atom. The molecule has 3 N–H and O–H groups in total. The highest BCUT2D eigenvalue weighted by molar-refractivity contribution is 7.99. The molecule has 3 aromatic rings. The number of hydrogen-bond acceptors (Lipinski definition) is 6. The Hall–Kier alpha value is -2.51. The van der Waals surface area contributed by atoms with Gasteiger partial charge in [-0.2, -0.15) is 0 Å². The second-order valence-electron chi connectivity index (χ2n) is 5.18. The first-order valence-corrected chi connectivity index (χ1v) is 8.04. The van der Waals surface area contributed by atoms with Crippen molar-refractivity contribution < 1.29 is 9.50 Å². The Balaban J connectivity index is 1.76.